The minimum Gasteiger partial charge on any atom is -0.376 e. The number of hydrogen-bond donors (Lipinski definition) is 0. The Hall–Kier alpha value is -7.62. The maximum Gasteiger partial charge on any atom is 0.333 e. The number of benzene rings is 10. The highest BCUT2D eigenvalue weighted by atomic mass is 15.1. The van der Waals surface area contributed by atoms with Crippen LogP contribution in [0.2, 0.25) is 0 Å². The quantitative estimate of drug-likeness (QED) is 0.162. The van der Waals surface area contributed by atoms with E-state index in [9.17, 15) is 0 Å². The summed E-state index contributed by atoms with van der Waals surface area (Å²) in [4.78, 5) is 2.65. The van der Waals surface area contributed by atoms with Crippen molar-refractivity contribution in [3.63, 3.8) is 0 Å². The van der Waals surface area contributed by atoms with E-state index in [1.54, 1.807) is 0 Å². The molecule has 60 heavy (non-hydrogen) atoms. The predicted octanol–water partition coefficient (Wildman–Crippen LogP) is 13.6. The Morgan fingerprint density at radius 1 is 0.400 bits per heavy atom. The minimum absolute atomic E-state index is 0.103. The van der Waals surface area contributed by atoms with Gasteiger partial charge in [0.2, 0.25) is 0 Å². The van der Waals surface area contributed by atoms with Gasteiger partial charge in [-0.05, 0) is 127 Å². The average molecular weight is 761 g/mol. The van der Waals surface area contributed by atoms with Crippen LogP contribution < -0.4 is 15.7 Å². The lowest BCUT2D eigenvalue weighted by Gasteiger charge is -2.42. The number of aromatic nitrogens is 1. The molecule has 0 radical (unpaired) electrons. The number of anilines is 2. The van der Waals surface area contributed by atoms with Crippen LogP contribution >= 0.6 is 0 Å². The van der Waals surface area contributed by atoms with Crippen LogP contribution in [0.3, 0.4) is 0 Å². The number of aryl methyl sites for hydroxylation is 1. The predicted molar refractivity (Wildman–Crippen MR) is 256 cm³/mol. The minimum atomic E-state index is -0.103. The first kappa shape index (κ1) is 33.4. The third-order valence-corrected chi connectivity index (χ3v) is 13.2. The van der Waals surface area contributed by atoms with Crippen LogP contribution in [0.1, 0.15) is 5.56 Å². The molecule has 0 fully saturated rings. The summed E-state index contributed by atoms with van der Waals surface area (Å²) in [6, 6.07) is 77.0. The van der Waals surface area contributed by atoms with Gasteiger partial charge in [-0.2, -0.15) is 0 Å². The average Bonchev–Trinajstić information content (AvgIpc) is 3.64. The summed E-state index contributed by atoms with van der Waals surface area (Å²) in [6.07, 6.45) is 0. The fraction of sp³-hybridized carbons (Fsp3) is 0.0175. The van der Waals surface area contributed by atoms with Gasteiger partial charge in [-0.1, -0.05) is 163 Å². The molecule has 0 spiro atoms. The highest BCUT2D eigenvalue weighted by Crippen LogP contribution is 2.49. The molecule has 1 aromatic heterocycles. The van der Waals surface area contributed by atoms with Crippen LogP contribution in [-0.4, -0.2) is 11.4 Å². The number of hydrogen-bond acceptors (Lipinski definition) is 1. The molecule has 0 aliphatic carbocycles. The van der Waals surface area contributed by atoms with Crippen LogP contribution in [0, 0.1) is 6.92 Å². The first-order valence-corrected chi connectivity index (χ1v) is 21.0. The van der Waals surface area contributed by atoms with Gasteiger partial charge in [0.25, 0.3) is 0 Å². The second-order valence-electron chi connectivity index (χ2n) is 16.5. The number of nitrogens with zero attached hydrogens (tertiary/aromatic N) is 2. The molecule has 0 atom stereocenters. The second-order valence-corrected chi connectivity index (χ2v) is 16.5. The third kappa shape index (κ3) is 4.78. The molecule has 2 aliphatic heterocycles. The first-order chi connectivity index (χ1) is 29.7. The maximum atomic E-state index is 2.65. The van der Waals surface area contributed by atoms with E-state index >= 15 is 0 Å². The van der Waals surface area contributed by atoms with E-state index < -0.39 is 0 Å². The van der Waals surface area contributed by atoms with Crippen molar-refractivity contribution in [2.24, 2.45) is 0 Å². The monoisotopic (exact) mass is 760 g/mol. The zero-order valence-electron chi connectivity index (χ0n) is 33.1. The molecule has 11 aromatic rings. The molecule has 0 bridgehead atoms. The third-order valence-electron chi connectivity index (χ3n) is 13.2. The molecule has 3 heterocycles. The number of fused-ring (bicyclic) bond motifs is 10. The van der Waals surface area contributed by atoms with Crippen LogP contribution in [0.5, 0.6) is 0 Å². The van der Waals surface area contributed by atoms with Crippen molar-refractivity contribution in [1.82, 2.24) is 4.57 Å². The van der Waals surface area contributed by atoms with E-state index in [1.165, 1.54) is 121 Å². The van der Waals surface area contributed by atoms with Gasteiger partial charge in [-0.25, -0.2) is 0 Å². The zero-order valence-corrected chi connectivity index (χ0v) is 33.1. The van der Waals surface area contributed by atoms with Crippen molar-refractivity contribution >= 4 is 72.5 Å². The van der Waals surface area contributed by atoms with E-state index in [4.69, 9.17) is 0 Å². The summed E-state index contributed by atoms with van der Waals surface area (Å²) in [7, 11) is 0. The van der Waals surface area contributed by atoms with Gasteiger partial charge in [0.1, 0.15) is 0 Å². The first-order valence-electron chi connectivity index (χ1n) is 21.0. The number of rotatable bonds is 4. The van der Waals surface area contributed by atoms with E-state index in [0.717, 1.165) is 0 Å². The van der Waals surface area contributed by atoms with Crippen molar-refractivity contribution in [3.05, 3.63) is 212 Å². The van der Waals surface area contributed by atoms with Crippen molar-refractivity contribution < 1.29 is 0 Å². The fourth-order valence-electron chi connectivity index (χ4n) is 10.5. The molecule has 2 aliphatic rings. The maximum absolute atomic E-state index is 2.65. The molecular weight excluding hydrogens is 723 g/mol. The van der Waals surface area contributed by atoms with E-state index in [1.807, 2.05) is 0 Å². The second kappa shape index (κ2) is 12.7. The van der Waals surface area contributed by atoms with Gasteiger partial charge in [0, 0.05) is 33.4 Å². The Labute approximate surface area is 349 Å². The largest absolute Gasteiger partial charge is 0.376 e. The lowest BCUT2D eigenvalue weighted by atomic mass is 9.43. The molecule has 278 valence electrons. The van der Waals surface area contributed by atoms with Gasteiger partial charge >= 0.3 is 6.85 Å². The normalized spacial score (nSPS) is 12.7. The van der Waals surface area contributed by atoms with Gasteiger partial charge in [-0.15, -0.1) is 0 Å². The highest BCUT2D eigenvalue weighted by Gasteiger charge is 2.44. The van der Waals surface area contributed by atoms with Crippen molar-refractivity contribution in [3.8, 4) is 50.2 Å². The Kier molecular flexibility index (Phi) is 7.06. The molecule has 0 N–H and O–H groups in total. The summed E-state index contributed by atoms with van der Waals surface area (Å²) in [6.45, 7) is 2.12. The van der Waals surface area contributed by atoms with Crippen LogP contribution in [0.25, 0.3) is 93.5 Å². The summed E-state index contributed by atoms with van der Waals surface area (Å²) >= 11 is 0. The SMILES string of the molecule is Cc1ccc2c(c1)-c1cc(-c3ccccc3)c3c4cc5ccccc5cc4n4c3c1B(c1cc(-c3ccccc3-c3ccccc3)ccc1-4)N2c1ccc2ccccc2c1. The lowest BCUT2D eigenvalue weighted by molar-refractivity contribution is 1.18. The van der Waals surface area contributed by atoms with Crippen molar-refractivity contribution in [2.75, 3.05) is 4.81 Å². The van der Waals surface area contributed by atoms with Crippen LogP contribution in [0.4, 0.5) is 11.4 Å². The Morgan fingerprint density at radius 2 is 1.02 bits per heavy atom. The Bertz CT molecular complexity index is 3570. The van der Waals surface area contributed by atoms with E-state index in [0.29, 0.717) is 0 Å². The molecule has 0 amide bonds. The summed E-state index contributed by atoms with van der Waals surface area (Å²) in [5, 5.41) is 7.57. The molecule has 10 aromatic carbocycles. The lowest BCUT2D eigenvalue weighted by Crippen LogP contribution is -2.60. The molecule has 13 rings (SSSR count). The van der Waals surface area contributed by atoms with Gasteiger partial charge in [0.15, 0.2) is 0 Å². The van der Waals surface area contributed by atoms with Crippen molar-refractivity contribution in [1.29, 1.82) is 0 Å². The summed E-state index contributed by atoms with van der Waals surface area (Å²) < 4.78 is 2.61. The van der Waals surface area contributed by atoms with E-state index in [2.05, 4.69) is 223 Å². The summed E-state index contributed by atoms with van der Waals surface area (Å²) in [5.41, 5.74) is 20.0. The molecule has 0 unspecified atom stereocenters. The standard InChI is InChI=1S/C57H37BN2/c1-36-24-28-52-48(30-36)49-35-47(39-17-6-3-7-18-39)55-50-32-41-20-10-11-21-42(41)34-54(50)59-53-29-26-43(46-23-13-12-22-45(46)38-15-4-2-5-16-38)33-51(53)58(56(49)57(55)59)60(52)44-27-25-37-14-8-9-19-40(37)31-44/h2-35H,1H3. The van der Waals surface area contributed by atoms with Gasteiger partial charge < -0.3 is 9.38 Å². The Balaban J connectivity index is 1.21. The van der Waals surface area contributed by atoms with Gasteiger partial charge in [-0.3, -0.25) is 0 Å². The highest BCUT2D eigenvalue weighted by molar-refractivity contribution is 6.94. The van der Waals surface area contributed by atoms with Crippen molar-refractivity contribution in [2.45, 2.75) is 6.92 Å². The molecular formula is C57H37BN2. The molecule has 2 nitrogen and oxygen atoms in total. The topological polar surface area (TPSA) is 8.17 Å². The Morgan fingerprint density at radius 3 is 1.77 bits per heavy atom. The molecule has 0 saturated heterocycles. The van der Waals surface area contributed by atoms with Crippen LogP contribution in [-0.2, 0) is 0 Å². The zero-order chi connectivity index (χ0) is 39.5. The van der Waals surface area contributed by atoms with Crippen LogP contribution in [0.15, 0.2) is 206 Å². The molecule has 0 saturated carbocycles. The summed E-state index contributed by atoms with van der Waals surface area (Å²) in [5.74, 6) is 0. The fourth-order valence-corrected chi connectivity index (χ4v) is 10.5. The van der Waals surface area contributed by atoms with Gasteiger partial charge in [0.05, 0.1) is 11.0 Å². The molecule has 3 heteroatoms. The van der Waals surface area contributed by atoms with E-state index in [-0.39, 0.29) is 6.85 Å². The smallest absolute Gasteiger partial charge is 0.333 e.